The molecule has 3 heterocycles. The lowest BCUT2D eigenvalue weighted by atomic mass is 9.48. The summed E-state index contributed by atoms with van der Waals surface area (Å²) in [5.41, 5.74) is -0.801. The Balaban J connectivity index is 1.59. The number of carbonyl (C=O) groups excluding carboxylic acids is 2. The molecule has 1 saturated heterocycles. The fraction of sp³-hybridized carbons (Fsp3) is 0.513. The molecule has 1 aromatic rings. The Kier molecular flexibility index (Phi) is 7.78. The predicted molar refractivity (Wildman–Crippen MR) is 179 cm³/mol. The molecule has 1 unspecified atom stereocenters. The average molecular weight is 643 g/mol. The minimum Gasteiger partial charge on any atom is -0.506 e. The molecule has 0 aromatic heterocycles. The maximum Gasteiger partial charge on any atom is 0.330 e. The number of aromatic hydroxyl groups is 1. The van der Waals surface area contributed by atoms with Gasteiger partial charge in [0, 0.05) is 35.0 Å². The van der Waals surface area contributed by atoms with Crippen molar-refractivity contribution < 1.29 is 38.8 Å². The van der Waals surface area contributed by atoms with Crippen LogP contribution in [0.15, 0.2) is 52.7 Å². The summed E-state index contributed by atoms with van der Waals surface area (Å²) in [6.45, 7) is 15.4. The Bertz CT molecular complexity index is 1740. The van der Waals surface area contributed by atoms with Crippen LogP contribution in [0.25, 0.3) is 6.08 Å². The van der Waals surface area contributed by atoms with Gasteiger partial charge < -0.3 is 24.4 Å². The molecule has 2 N–H and O–H groups in total. The Morgan fingerprint density at radius 1 is 1.00 bits per heavy atom. The van der Waals surface area contributed by atoms with Crippen molar-refractivity contribution in [3.05, 3.63) is 69.4 Å². The van der Waals surface area contributed by atoms with Crippen molar-refractivity contribution in [2.24, 2.45) is 11.8 Å². The van der Waals surface area contributed by atoms with Gasteiger partial charge in [0.2, 0.25) is 0 Å². The second-order valence-electron chi connectivity index (χ2n) is 15.3. The minimum absolute atomic E-state index is 0.0592. The zero-order valence-electron chi connectivity index (χ0n) is 28.7. The number of phenolic OH excluding ortho intramolecular Hbond substituents is 1. The molecule has 2 fully saturated rings. The number of rotatable bonds is 8. The van der Waals surface area contributed by atoms with Crippen molar-refractivity contribution in [1.29, 1.82) is 0 Å². The molecule has 6 aliphatic rings. The lowest BCUT2D eigenvalue weighted by Crippen LogP contribution is -2.80. The van der Waals surface area contributed by atoms with Gasteiger partial charge in [-0.3, -0.25) is 9.59 Å². The number of hydrogen-bond acceptors (Lipinski definition) is 7. The van der Waals surface area contributed by atoms with E-state index in [1.807, 2.05) is 52.8 Å². The Hall–Kier alpha value is -3.91. The molecular formula is C39H46O8. The van der Waals surface area contributed by atoms with Gasteiger partial charge in [0.05, 0.1) is 11.2 Å². The number of aliphatic carboxylic acids is 1. The Morgan fingerprint density at radius 2 is 1.70 bits per heavy atom. The number of ketones is 2. The molecule has 8 heteroatoms. The highest BCUT2D eigenvalue weighted by molar-refractivity contribution is 6.19. The maximum atomic E-state index is 14.8. The third kappa shape index (κ3) is 5.02. The lowest BCUT2D eigenvalue weighted by molar-refractivity contribution is -0.275. The molecule has 1 spiro atoms. The van der Waals surface area contributed by atoms with Gasteiger partial charge in [0.15, 0.2) is 22.8 Å². The first-order valence-electron chi connectivity index (χ1n) is 16.6. The van der Waals surface area contributed by atoms with Crippen LogP contribution >= 0.6 is 0 Å². The summed E-state index contributed by atoms with van der Waals surface area (Å²) < 4.78 is 20.7. The first kappa shape index (κ1) is 33.0. The zero-order chi connectivity index (χ0) is 34.3. The van der Waals surface area contributed by atoms with E-state index in [4.69, 9.17) is 14.2 Å². The van der Waals surface area contributed by atoms with E-state index in [0.29, 0.717) is 48.1 Å². The SMILES string of the molecule is CC(C)=CCC[C@]1(C)C=Cc2c(O)c3c(c(CC=C(C)C)c2O1)O[C@]12C(=C[C@@H]4CC1CC(C)(C)O[C@@]2(CC=C(C)C(=O)O)C4=O)C3=O. The number of fused-ring (bicyclic) bond motifs is 2. The monoisotopic (exact) mass is 642 g/mol. The number of allylic oxidation sites excluding steroid dienone is 5. The second-order valence-corrected chi connectivity index (χ2v) is 15.3. The van der Waals surface area contributed by atoms with Crippen LogP contribution in [-0.4, -0.2) is 50.2 Å². The van der Waals surface area contributed by atoms with Crippen molar-refractivity contribution in [2.45, 2.75) is 116 Å². The summed E-state index contributed by atoms with van der Waals surface area (Å²) in [4.78, 5) is 41.1. The molecule has 8 nitrogen and oxygen atoms in total. The molecule has 1 saturated carbocycles. The number of carbonyl (C=O) groups is 3. The Labute approximate surface area is 276 Å². The largest absolute Gasteiger partial charge is 0.506 e. The third-order valence-electron chi connectivity index (χ3n) is 10.5. The summed E-state index contributed by atoms with van der Waals surface area (Å²) >= 11 is 0. The second kappa shape index (κ2) is 11.1. The van der Waals surface area contributed by atoms with E-state index >= 15 is 0 Å². The smallest absolute Gasteiger partial charge is 0.330 e. The summed E-state index contributed by atoms with van der Waals surface area (Å²) in [6.07, 6.45) is 14.0. The van der Waals surface area contributed by atoms with Crippen LogP contribution in [0, 0.1) is 11.8 Å². The standard InChI is InChI=1S/C39H46O8/c1-21(2)10-9-15-37(8)16-14-26-30(40)29-31(41)28-19-24-18-25-20-36(6,7)47-38(34(24)42,17-13-23(5)35(43)44)39(25,28)46-33(29)27(32(26)45-37)12-11-22(3)4/h10-11,13-14,16,19,24-25,40H,9,12,15,17-18,20H2,1-8H3,(H,43,44)/t24-,25?,37+,38-,39-/m0/s1. The van der Waals surface area contributed by atoms with E-state index in [9.17, 15) is 24.6 Å². The average Bonchev–Trinajstić information content (AvgIpc) is 2.97. The molecule has 0 amide bonds. The number of ether oxygens (including phenoxy) is 3. The first-order chi connectivity index (χ1) is 22.0. The first-order valence-corrected chi connectivity index (χ1v) is 16.6. The van der Waals surface area contributed by atoms with Crippen LogP contribution in [0.3, 0.4) is 0 Å². The van der Waals surface area contributed by atoms with Gasteiger partial charge >= 0.3 is 5.97 Å². The van der Waals surface area contributed by atoms with E-state index in [1.165, 1.54) is 18.6 Å². The van der Waals surface area contributed by atoms with Crippen molar-refractivity contribution in [2.75, 3.05) is 0 Å². The highest BCUT2D eigenvalue weighted by atomic mass is 16.6. The fourth-order valence-corrected chi connectivity index (χ4v) is 8.36. The molecule has 5 atom stereocenters. The van der Waals surface area contributed by atoms with Crippen LogP contribution in [0.4, 0.5) is 0 Å². The van der Waals surface area contributed by atoms with E-state index in [1.54, 1.807) is 6.08 Å². The van der Waals surface area contributed by atoms with E-state index in [0.717, 1.165) is 12.0 Å². The highest BCUT2D eigenvalue weighted by Gasteiger charge is 2.77. The summed E-state index contributed by atoms with van der Waals surface area (Å²) in [6, 6.07) is 0. The summed E-state index contributed by atoms with van der Waals surface area (Å²) in [5, 5.41) is 21.5. The minimum atomic E-state index is -1.64. The number of carboxylic acid groups (broad SMARTS) is 1. The third-order valence-corrected chi connectivity index (χ3v) is 10.5. The quantitative estimate of drug-likeness (QED) is 0.220. The number of hydrogen-bond donors (Lipinski definition) is 2. The summed E-state index contributed by atoms with van der Waals surface area (Å²) in [7, 11) is 0. The van der Waals surface area contributed by atoms with Gasteiger partial charge in [-0.15, -0.1) is 0 Å². The van der Waals surface area contributed by atoms with Crippen molar-refractivity contribution in [3.63, 3.8) is 0 Å². The fourth-order valence-electron chi connectivity index (χ4n) is 8.36. The van der Waals surface area contributed by atoms with Gasteiger partial charge in [-0.1, -0.05) is 35.5 Å². The number of phenols is 1. The molecule has 0 radical (unpaired) electrons. The van der Waals surface area contributed by atoms with Gasteiger partial charge in [0.25, 0.3) is 0 Å². The van der Waals surface area contributed by atoms with Gasteiger partial charge in [-0.05, 0) is 99.6 Å². The molecule has 3 aliphatic carbocycles. The molecule has 1 aromatic carbocycles. The van der Waals surface area contributed by atoms with E-state index < -0.39 is 40.1 Å². The molecule has 250 valence electrons. The van der Waals surface area contributed by atoms with Crippen LogP contribution in [-0.2, 0) is 20.7 Å². The molecular weight excluding hydrogens is 596 g/mol. The maximum absolute atomic E-state index is 14.8. The predicted octanol–water partition coefficient (Wildman–Crippen LogP) is 7.63. The normalized spacial score (nSPS) is 31.1. The van der Waals surface area contributed by atoms with E-state index in [-0.39, 0.29) is 40.8 Å². The van der Waals surface area contributed by atoms with Crippen LogP contribution in [0.5, 0.6) is 17.2 Å². The Morgan fingerprint density at radius 3 is 2.36 bits per heavy atom. The van der Waals surface area contributed by atoms with Crippen LogP contribution < -0.4 is 9.47 Å². The molecule has 7 rings (SSSR count). The van der Waals surface area contributed by atoms with Crippen molar-refractivity contribution in [3.8, 4) is 17.2 Å². The van der Waals surface area contributed by atoms with Crippen LogP contribution in [0.1, 0.15) is 109 Å². The molecule has 3 aliphatic heterocycles. The molecule has 4 bridgehead atoms. The van der Waals surface area contributed by atoms with Crippen molar-refractivity contribution in [1.82, 2.24) is 0 Å². The van der Waals surface area contributed by atoms with Gasteiger partial charge in [0.1, 0.15) is 28.4 Å². The number of Topliss-reactive ketones (excluding diaryl/α,β-unsaturated/α-hetero) is 2. The number of benzene rings is 1. The van der Waals surface area contributed by atoms with E-state index in [2.05, 4.69) is 19.9 Å². The van der Waals surface area contributed by atoms with Crippen LogP contribution in [0.2, 0.25) is 0 Å². The number of carboxylic acids is 1. The zero-order valence-corrected chi connectivity index (χ0v) is 28.7. The topological polar surface area (TPSA) is 119 Å². The van der Waals surface area contributed by atoms with Gasteiger partial charge in [-0.25, -0.2) is 4.79 Å². The highest BCUT2D eigenvalue weighted by Crippen LogP contribution is 2.66. The lowest BCUT2D eigenvalue weighted by Gasteiger charge is -2.66. The van der Waals surface area contributed by atoms with Gasteiger partial charge in [-0.2, -0.15) is 0 Å². The summed E-state index contributed by atoms with van der Waals surface area (Å²) in [5.74, 6) is -2.13. The van der Waals surface area contributed by atoms with Crippen molar-refractivity contribution >= 4 is 23.6 Å². The molecule has 47 heavy (non-hydrogen) atoms.